The van der Waals surface area contributed by atoms with Crippen LogP contribution in [0.1, 0.15) is 92.4 Å². The molecule has 2 aliphatic rings. The molecular formula is C29H55NO9. The van der Waals surface area contributed by atoms with Crippen LogP contribution in [0.3, 0.4) is 0 Å². The molecule has 8 atom stereocenters. The van der Waals surface area contributed by atoms with Crippen molar-refractivity contribution in [2.45, 2.75) is 111 Å². The summed E-state index contributed by atoms with van der Waals surface area (Å²) in [5.41, 5.74) is -0.489. The maximum Gasteiger partial charge on any atom is 0.311 e. The summed E-state index contributed by atoms with van der Waals surface area (Å²) in [5, 5.41) is 56.1. The van der Waals surface area contributed by atoms with Gasteiger partial charge in [-0.15, -0.1) is 0 Å². The van der Waals surface area contributed by atoms with Crippen LogP contribution in [-0.2, 0) is 14.3 Å². The van der Waals surface area contributed by atoms with Crippen LogP contribution in [0.15, 0.2) is 0 Å². The lowest BCUT2D eigenvalue weighted by Gasteiger charge is -2.50. The summed E-state index contributed by atoms with van der Waals surface area (Å²) in [6.45, 7) is 9.66. The molecule has 0 radical (unpaired) electrons. The number of rotatable bonds is 13. The third-order valence-corrected chi connectivity index (χ3v) is 9.03. The quantitative estimate of drug-likeness (QED) is 0.127. The van der Waals surface area contributed by atoms with Gasteiger partial charge in [0.15, 0.2) is 20.2 Å². The van der Waals surface area contributed by atoms with Crippen molar-refractivity contribution in [3.63, 3.8) is 0 Å². The molecule has 0 aromatic heterocycles. The normalized spacial score (nSPS) is 28.9. The molecule has 0 aliphatic heterocycles. The highest BCUT2D eigenvalue weighted by Gasteiger charge is 2.47. The minimum atomic E-state index is -1.31. The number of aliphatic carboxylic acids is 1. The van der Waals surface area contributed by atoms with Gasteiger partial charge < -0.3 is 40.2 Å². The Morgan fingerprint density at radius 3 is 2.10 bits per heavy atom. The van der Waals surface area contributed by atoms with E-state index in [0.717, 1.165) is 38.5 Å². The van der Waals surface area contributed by atoms with Crippen molar-refractivity contribution in [1.29, 1.82) is 0 Å². The first-order chi connectivity index (χ1) is 18.1. The van der Waals surface area contributed by atoms with Gasteiger partial charge in [-0.2, -0.15) is 0 Å². The highest BCUT2D eigenvalue weighted by molar-refractivity contribution is 5.76. The van der Waals surface area contributed by atoms with Crippen molar-refractivity contribution in [3.8, 4) is 0 Å². The fraction of sp³-hybridized carbons (Fsp3) is 0.931. The first kappa shape index (κ1) is 35.7. The van der Waals surface area contributed by atoms with Crippen molar-refractivity contribution in [2.24, 2.45) is 35.0 Å². The lowest BCUT2D eigenvalue weighted by atomic mass is 9.58. The molecule has 2 aliphatic carbocycles. The topological polar surface area (TPSA) is 168 Å². The predicted molar refractivity (Wildman–Crippen MR) is 144 cm³/mol. The molecule has 0 aromatic rings. The third-order valence-electron chi connectivity index (χ3n) is 9.03. The van der Waals surface area contributed by atoms with Crippen LogP contribution in [0.25, 0.3) is 0 Å². The van der Waals surface area contributed by atoms with Gasteiger partial charge >= 0.3 is 5.97 Å². The van der Waals surface area contributed by atoms with E-state index >= 15 is 0 Å². The maximum atomic E-state index is 12.9. The summed E-state index contributed by atoms with van der Waals surface area (Å²) < 4.78 is 6.04. The Balaban J connectivity index is 0.000000824. The molecular weight excluding hydrogens is 506 g/mol. The number of carboxylic acids is 1. The predicted octanol–water partition coefficient (Wildman–Crippen LogP) is 1.36. The zero-order valence-electron chi connectivity index (χ0n) is 24.9. The van der Waals surface area contributed by atoms with Gasteiger partial charge in [0.1, 0.15) is 6.10 Å². The van der Waals surface area contributed by atoms with Crippen molar-refractivity contribution in [1.82, 2.24) is 0 Å². The van der Waals surface area contributed by atoms with Crippen LogP contribution in [0, 0.1) is 35.0 Å². The SMILES string of the molecule is CCC(C)(C)C(=O)O[C@H]1C[C@H](C)C[C@@H]2CC[C@H](C)[C@H](CC[C@@H](O)C[C@@H](O)CC(=O)[O-])[C@H]21.C[N+](CO)(CO)CO. The molecule has 10 nitrogen and oxygen atoms in total. The number of nitrogens with zero attached hydrogens (tertiary/aromatic N) is 1. The monoisotopic (exact) mass is 561 g/mol. The largest absolute Gasteiger partial charge is 0.550 e. The van der Waals surface area contributed by atoms with E-state index in [1.165, 1.54) is 0 Å². The number of carbonyl (C=O) groups excluding carboxylic acids is 2. The van der Waals surface area contributed by atoms with E-state index in [4.69, 9.17) is 20.1 Å². The number of carbonyl (C=O) groups is 2. The fourth-order valence-corrected chi connectivity index (χ4v) is 5.91. The molecule has 230 valence electrons. The number of fused-ring (bicyclic) bond motifs is 1. The molecule has 39 heavy (non-hydrogen) atoms. The van der Waals surface area contributed by atoms with Gasteiger partial charge in [0, 0.05) is 18.3 Å². The first-order valence-corrected chi connectivity index (χ1v) is 14.6. The minimum Gasteiger partial charge on any atom is -0.550 e. The van der Waals surface area contributed by atoms with E-state index in [1.54, 1.807) is 7.05 Å². The van der Waals surface area contributed by atoms with Gasteiger partial charge in [-0.05, 0) is 82.5 Å². The van der Waals surface area contributed by atoms with Crippen molar-refractivity contribution >= 4 is 11.9 Å². The number of carboxylic acid groups (broad SMARTS) is 1. The Morgan fingerprint density at radius 2 is 1.62 bits per heavy atom. The molecule has 0 heterocycles. The van der Waals surface area contributed by atoms with Crippen LogP contribution < -0.4 is 5.11 Å². The van der Waals surface area contributed by atoms with Crippen LogP contribution >= 0.6 is 0 Å². The molecule has 0 amide bonds. The van der Waals surface area contributed by atoms with E-state index < -0.39 is 30.0 Å². The zero-order chi connectivity index (χ0) is 30.0. The second-order valence-electron chi connectivity index (χ2n) is 13.1. The number of quaternary nitrogens is 1. The van der Waals surface area contributed by atoms with Gasteiger partial charge in [0.2, 0.25) is 0 Å². The van der Waals surface area contributed by atoms with Crippen LogP contribution in [0.4, 0.5) is 0 Å². The smallest absolute Gasteiger partial charge is 0.311 e. The molecule has 0 saturated heterocycles. The van der Waals surface area contributed by atoms with E-state index in [9.17, 15) is 24.9 Å². The Labute approximate surface area is 234 Å². The number of hydrogen-bond donors (Lipinski definition) is 5. The Bertz CT molecular complexity index is 734. The summed E-state index contributed by atoms with van der Waals surface area (Å²) >= 11 is 0. The average Bonchev–Trinajstić information content (AvgIpc) is 2.87. The molecule has 2 saturated carbocycles. The lowest BCUT2D eigenvalue weighted by Crippen LogP contribution is -2.48. The minimum absolute atomic E-state index is 0.0450. The van der Waals surface area contributed by atoms with Gasteiger partial charge in [-0.1, -0.05) is 27.2 Å². The van der Waals surface area contributed by atoms with E-state index in [2.05, 4.69) is 13.8 Å². The summed E-state index contributed by atoms with van der Waals surface area (Å²) in [5.74, 6) is 0.778. The standard InChI is InChI=1S/C25H44O6.C4H12NO3/c1-6-25(4,5)24(30)31-21-12-15(2)11-17-8-7-16(3)20(23(17)21)10-9-18(26)13-19(27)14-22(28)29;1-5(2-6,3-7)4-8/h15-21,23,26-27H,6-14H2,1-5H3,(H,28,29);6-8H,2-4H2,1H3/q;+1/p-1/t15-,16+,17+,18-,19-,20+,21+,23+;/m1./s1. The molecule has 2 fully saturated rings. The molecule has 0 aromatic carbocycles. The van der Waals surface area contributed by atoms with Crippen LogP contribution in [-0.4, -0.2) is 87.5 Å². The Hall–Kier alpha value is -1.30. The van der Waals surface area contributed by atoms with Crippen molar-refractivity contribution in [3.05, 3.63) is 0 Å². The molecule has 10 heteroatoms. The van der Waals surface area contributed by atoms with Crippen LogP contribution in [0.5, 0.6) is 0 Å². The second-order valence-corrected chi connectivity index (χ2v) is 13.1. The number of esters is 1. The molecule has 2 rings (SSSR count). The molecule has 0 spiro atoms. The molecule has 0 bridgehead atoms. The van der Waals surface area contributed by atoms with Gasteiger partial charge in [0.05, 0.1) is 24.7 Å². The first-order valence-electron chi connectivity index (χ1n) is 14.6. The Morgan fingerprint density at radius 1 is 1.03 bits per heavy atom. The van der Waals surface area contributed by atoms with Crippen molar-refractivity contribution in [2.75, 3.05) is 27.2 Å². The zero-order valence-corrected chi connectivity index (χ0v) is 24.9. The Kier molecular flexibility index (Phi) is 14.9. The van der Waals surface area contributed by atoms with Crippen LogP contribution in [0.2, 0.25) is 0 Å². The number of aliphatic hydroxyl groups is 5. The van der Waals surface area contributed by atoms with E-state index in [1.807, 2.05) is 20.8 Å². The summed E-state index contributed by atoms with van der Waals surface area (Å²) in [4.78, 5) is 23.5. The van der Waals surface area contributed by atoms with Crippen molar-refractivity contribution < 1.29 is 49.4 Å². The fourth-order valence-electron chi connectivity index (χ4n) is 5.91. The molecule has 0 unspecified atom stereocenters. The second kappa shape index (κ2) is 16.2. The van der Waals surface area contributed by atoms with E-state index in [-0.39, 0.29) is 43.2 Å². The van der Waals surface area contributed by atoms with E-state index in [0.29, 0.717) is 36.0 Å². The van der Waals surface area contributed by atoms with Gasteiger partial charge in [-0.3, -0.25) is 9.28 Å². The van der Waals surface area contributed by atoms with Gasteiger partial charge in [0.25, 0.3) is 0 Å². The third kappa shape index (κ3) is 11.2. The highest BCUT2D eigenvalue weighted by atomic mass is 16.5. The summed E-state index contributed by atoms with van der Waals surface area (Å²) in [6.07, 6.45) is 4.07. The number of aliphatic hydroxyl groups excluding tert-OH is 5. The summed E-state index contributed by atoms with van der Waals surface area (Å²) in [7, 11) is 1.54. The highest BCUT2D eigenvalue weighted by Crippen LogP contribution is 2.50. The number of hydrogen-bond acceptors (Lipinski definition) is 9. The number of ether oxygens (including phenoxy) is 1. The maximum absolute atomic E-state index is 12.9. The lowest BCUT2D eigenvalue weighted by molar-refractivity contribution is -0.959. The average molecular weight is 562 g/mol. The van der Waals surface area contributed by atoms with Gasteiger partial charge in [-0.25, -0.2) is 0 Å². The summed E-state index contributed by atoms with van der Waals surface area (Å²) in [6, 6.07) is 0. The molecule has 5 N–H and O–H groups in total.